The number of hydrogen-bond donors (Lipinski definition) is 0. The molecule has 2 amide bonds. The maximum absolute atomic E-state index is 12.9. The molecule has 3 heterocycles. The van der Waals surface area contributed by atoms with Crippen molar-refractivity contribution in [1.82, 2.24) is 9.47 Å². The van der Waals surface area contributed by atoms with Gasteiger partial charge in [-0.1, -0.05) is 36.7 Å². The molecule has 1 aromatic carbocycles. The van der Waals surface area contributed by atoms with Crippen molar-refractivity contribution >= 4 is 29.3 Å². The van der Waals surface area contributed by atoms with Gasteiger partial charge in [0.05, 0.1) is 22.2 Å². The molecule has 5 nitrogen and oxygen atoms in total. The first-order valence-electron chi connectivity index (χ1n) is 9.22. The van der Waals surface area contributed by atoms with Crippen LogP contribution in [0, 0.1) is 0 Å². The summed E-state index contributed by atoms with van der Waals surface area (Å²) in [5.41, 5.74) is 1.75. The Balaban J connectivity index is 1.65. The predicted octanol–water partition coefficient (Wildman–Crippen LogP) is 3.32. The number of likely N-dealkylation sites (tertiary alicyclic amines) is 1. The van der Waals surface area contributed by atoms with Gasteiger partial charge in [-0.2, -0.15) is 0 Å². The molecule has 0 radical (unpaired) electrons. The van der Waals surface area contributed by atoms with Crippen molar-refractivity contribution in [3.63, 3.8) is 0 Å². The molecule has 2 aliphatic rings. The average Bonchev–Trinajstić information content (AvgIpc) is 2.94. The molecule has 0 unspecified atom stereocenters. The molecule has 2 aromatic rings. The molecular formula is C20H23N3O2S. The summed E-state index contributed by atoms with van der Waals surface area (Å²) in [4.78, 5) is 29.4. The number of nitrogens with zero attached hydrogens (tertiary/aromatic N) is 3. The SMILES string of the molecule is O=C(CN1C(=O)CSc2cccn2-c2ccccc21)N1CCCCCC1. The Kier molecular flexibility index (Phi) is 5.02. The highest BCUT2D eigenvalue weighted by Gasteiger charge is 2.27. The Morgan fingerprint density at radius 3 is 2.46 bits per heavy atom. The van der Waals surface area contributed by atoms with Gasteiger partial charge in [0.15, 0.2) is 0 Å². The van der Waals surface area contributed by atoms with Crippen LogP contribution in [-0.2, 0) is 9.59 Å². The summed E-state index contributed by atoms with van der Waals surface area (Å²) in [7, 11) is 0. The first kappa shape index (κ1) is 17.2. The summed E-state index contributed by atoms with van der Waals surface area (Å²) in [6, 6.07) is 11.8. The Hall–Kier alpha value is -2.21. The van der Waals surface area contributed by atoms with Crippen LogP contribution in [0.5, 0.6) is 0 Å². The number of thioether (sulfide) groups is 1. The Bertz CT molecular complexity index is 809. The lowest BCUT2D eigenvalue weighted by atomic mass is 10.2. The van der Waals surface area contributed by atoms with E-state index in [9.17, 15) is 9.59 Å². The van der Waals surface area contributed by atoms with Crippen LogP contribution >= 0.6 is 11.8 Å². The maximum atomic E-state index is 12.9. The molecule has 0 saturated carbocycles. The number of benzene rings is 1. The van der Waals surface area contributed by atoms with Crippen LogP contribution in [0.15, 0.2) is 47.6 Å². The summed E-state index contributed by atoms with van der Waals surface area (Å²) in [5, 5.41) is 1.05. The normalized spacial score (nSPS) is 17.8. The average molecular weight is 369 g/mol. The van der Waals surface area contributed by atoms with Crippen molar-refractivity contribution in [2.24, 2.45) is 0 Å². The third kappa shape index (κ3) is 3.38. The summed E-state index contributed by atoms with van der Waals surface area (Å²) in [6.45, 7) is 1.73. The van der Waals surface area contributed by atoms with E-state index in [-0.39, 0.29) is 18.4 Å². The van der Waals surface area contributed by atoms with Crippen molar-refractivity contribution in [2.45, 2.75) is 30.7 Å². The van der Waals surface area contributed by atoms with Gasteiger partial charge < -0.3 is 14.4 Å². The van der Waals surface area contributed by atoms with E-state index < -0.39 is 0 Å². The fourth-order valence-electron chi connectivity index (χ4n) is 3.65. The second-order valence-electron chi connectivity index (χ2n) is 6.77. The lowest BCUT2D eigenvalue weighted by Gasteiger charge is -2.30. The molecule has 0 spiro atoms. The summed E-state index contributed by atoms with van der Waals surface area (Å²) in [5.74, 6) is 0.373. The molecule has 2 aliphatic heterocycles. The first-order chi connectivity index (χ1) is 12.7. The second-order valence-corrected chi connectivity index (χ2v) is 7.76. The van der Waals surface area contributed by atoms with Crippen molar-refractivity contribution in [3.05, 3.63) is 42.6 Å². The fourth-order valence-corrected chi connectivity index (χ4v) is 4.55. The van der Waals surface area contributed by atoms with Gasteiger partial charge in [0.2, 0.25) is 11.8 Å². The van der Waals surface area contributed by atoms with E-state index in [0.29, 0.717) is 5.75 Å². The number of fused-ring (bicyclic) bond motifs is 3. The van der Waals surface area contributed by atoms with Crippen molar-refractivity contribution < 1.29 is 9.59 Å². The van der Waals surface area contributed by atoms with E-state index in [0.717, 1.165) is 42.3 Å². The zero-order valence-electron chi connectivity index (χ0n) is 14.8. The van der Waals surface area contributed by atoms with Crippen LogP contribution in [0.4, 0.5) is 5.69 Å². The predicted molar refractivity (Wildman–Crippen MR) is 104 cm³/mol. The van der Waals surface area contributed by atoms with Crippen LogP contribution in [0.3, 0.4) is 0 Å². The molecule has 1 saturated heterocycles. The minimum Gasteiger partial charge on any atom is -0.341 e. The highest BCUT2D eigenvalue weighted by molar-refractivity contribution is 7.99. The van der Waals surface area contributed by atoms with E-state index in [1.165, 1.54) is 24.6 Å². The second kappa shape index (κ2) is 7.58. The van der Waals surface area contributed by atoms with E-state index in [2.05, 4.69) is 4.57 Å². The van der Waals surface area contributed by atoms with Gasteiger partial charge in [-0.3, -0.25) is 9.59 Å². The number of carbonyl (C=O) groups is 2. The topological polar surface area (TPSA) is 45.6 Å². The molecule has 136 valence electrons. The van der Waals surface area contributed by atoms with Gasteiger partial charge in [-0.05, 0) is 37.1 Å². The first-order valence-corrected chi connectivity index (χ1v) is 10.2. The highest BCUT2D eigenvalue weighted by atomic mass is 32.2. The molecule has 1 aromatic heterocycles. The minimum absolute atomic E-state index is 0.0157. The van der Waals surface area contributed by atoms with Crippen molar-refractivity contribution in [1.29, 1.82) is 0 Å². The molecule has 26 heavy (non-hydrogen) atoms. The van der Waals surface area contributed by atoms with Crippen LogP contribution in [0.2, 0.25) is 0 Å². The molecule has 0 atom stereocenters. The minimum atomic E-state index is -0.0157. The zero-order valence-corrected chi connectivity index (χ0v) is 15.6. The monoisotopic (exact) mass is 369 g/mol. The van der Waals surface area contributed by atoms with Gasteiger partial charge >= 0.3 is 0 Å². The third-order valence-corrected chi connectivity index (χ3v) is 6.06. The van der Waals surface area contributed by atoms with Gasteiger partial charge in [-0.15, -0.1) is 0 Å². The number of aromatic nitrogens is 1. The lowest BCUT2D eigenvalue weighted by Crippen LogP contribution is -2.44. The number of carbonyl (C=O) groups excluding carboxylic acids is 2. The Morgan fingerprint density at radius 1 is 0.962 bits per heavy atom. The number of rotatable bonds is 2. The standard InChI is InChI=1S/C20H23N3O2S/c24-18(21-11-5-1-2-6-12-21)14-23-17-9-4-3-8-16(17)22-13-7-10-20(22)26-15-19(23)25/h3-4,7-10,13H,1-2,5-6,11-12,14-15H2. The third-order valence-electron chi connectivity index (χ3n) is 5.04. The van der Waals surface area contributed by atoms with E-state index in [1.807, 2.05) is 47.5 Å². The molecular weight excluding hydrogens is 346 g/mol. The summed E-state index contributed by atoms with van der Waals surface area (Å²) in [6.07, 6.45) is 6.48. The smallest absolute Gasteiger partial charge is 0.242 e. The van der Waals surface area contributed by atoms with Crippen LogP contribution in [0.1, 0.15) is 25.7 Å². The Morgan fingerprint density at radius 2 is 1.69 bits per heavy atom. The number of hydrogen-bond acceptors (Lipinski definition) is 3. The van der Waals surface area contributed by atoms with Crippen LogP contribution in [0.25, 0.3) is 5.69 Å². The molecule has 4 rings (SSSR count). The summed E-state index contributed by atoms with van der Waals surface area (Å²) >= 11 is 1.52. The van der Waals surface area contributed by atoms with E-state index in [4.69, 9.17) is 0 Å². The number of amides is 2. The highest BCUT2D eigenvalue weighted by Crippen LogP contribution is 2.33. The van der Waals surface area contributed by atoms with Gasteiger partial charge in [0.1, 0.15) is 6.54 Å². The van der Waals surface area contributed by atoms with Crippen LogP contribution < -0.4 is 4.90 Å². The summed E-state index contributed by atoms with van der Waals surface area (Å²) < 4.78 is 2.09. The van der Waals surface area contributed by atoms with Gasteiger partial charge in [-0.25, -0.2) is 0 Å². The van der Waals surface area contributed by atoms with Crippen molar-refractivity contribution in [2.75, 3.05) is 30.3 Å². The molecule has 0 bridgehead atoms. The fraction of sp³-hybridized carbons (Fsp3) is 0.400. The quantitative estimate of drug-likeness (QED) is 0.816. The van der Waals surface area contributed by atoms with Crippen molar-refractivity contribution in [3.8, 4) is 5.69 Å². The molecule has 1 fully saturated rings. The van der Waals surface area contributed by atoms with E-state index >= 15 is 0 Å². The van der Waals surface area contributed by atoms with Crippen LogP contribution in [-0.4, -0.2) is 46.7 Å². The number of para-hydroxylation sites is 2. The van der Waals surface area contributed by atoms with Gasteiger partial charge in [0.25, 0.3) is 0 Å². The number of anilines is 1. The zero-order chi connectivity index (χ0) is 17.9. The largest absolute Gasteiger partial charge is 0.341 e. The Labute approximate surface area is 158 Å². The maximum Gasteiger partial charge on any atom is 0.242 e. The molecule has 6 heteroatoms. The molecule has 0 aliphatic carbocycles. The van der Waals surface area contributed by atoms with E-state index in [1.54, 1.807) is 4.90 Å². The lowest BCUT2D eigenvalue weighted by molar-refractivity contribution is -0.131. The van der Waals surface area contributed by atoms with Gasteiger partial charge in [0, 0.05) is 19.3 Å². The molecule has 0 N–H and O–H groups in total.